The maximum absolute atomic E-state index is 6.11. The predicted octanol–water partition coefficient (Wildman–Crippen LogP) is 23.4. The van der Waals surface area contributed by atoms with Gasteiger partial charge in [-0.3, -0.25) is 0 Å². The van der Waals surface area contributed by atoms with Crippen LogP contribution in [0.5, 0.6) is 11.5 Å². The number of thiophene rings is 1. The van der Waals surface area contributed by atoms with Crippen LogP contribution in [0.4, 0.5) is 0 Å². The Morgan fingerprint density at radius 2 is 0.909 bits per heavy atom. The number of rotatable bonds is 24. The van der Waals surface area contributed by atoms with E-state index >= 15 is 0 Å². The third kappa shape index (κ3) is 23.8. The number of ether oxygens (including phenoxy) is 2. The molecule has 1 atom stereocenters. The number of aryl methyl sites for hydroxylation is 8. The van der Waals surface area contributed by atoms with Crippen LogP contribution in [0.2, 0.25) is 0 Å². The molecule has 77 heavy (non-hydrogen) atoms. The fourth-order valence-corrected chi connectivity index (χ4v) is 11.1. The van der Waals surface area contributed by atoms with E-state index in [4.69, 9.17) is 9.47 Å². The minimum Gasteiger partial charge on any atom is -0.496 e. The molecule has 0 N–H and O–H groups in total. The Bertz CT molecular complexity index is 2460. The van der Waals surface area contributed by atoms with Gasteiger partial charge in [-0.2, -0.15) is 0 Å². The highest BCUT2D eigenvalue weighted by molar-refractivity contribution is 7.11. The van der Waals surface area contributed by atoms with E-state index < -0.39 is 0 Å². The molecule has 0 saturated heterocycles. The Kier molecular flexibility index (Phi) is 32.4. The van der Waals surface area contributed by atoms with E-state index in [1.807, 2.05) is 37.3 Å². The normalized spacial score (nSPS) is 12.2. The molecule has 0 aliphatic heterocycles. The Morgan fingerprint density at radius 1 is 0.468 bits per heavy atom. The van der Waals surface area contributed by atoms with E-state index in [1.165, 1.54) is 170 Å². The molecule has 0 bridgehead atoms. The summed E-state index contributed by atoms with van der Waals surface area (Å²) in [6.45, 7) is 31.1. The number of unbranched alkanes of at least 4 members (excludes halogenated alkanes) is 11. The number of hydrogen-bond donors (Lipinski definition) is 0. The lowest BCUT2D eigenvalue weighted by atomic mass is 9.70. The first-order chi connectivity index (χ1) is 37.2. The first-order valence-corrected chi connectivity index (χ1v) is 30.9. The molecule has 1 aromatic heterocycles. The van der Waals surface area contributed by atoms with Crippen LogP contribution < -0.4 is 9.47 Å². The zero-order valence-corrected chi connectivity index (χ0v) is 52.3. The number of fused-ring (bicyclic) bond motifs is 3. The summed E-state index contributed by atoms with van der Waals surface area (Å²) >= 11 is 1.84. The average molecular weight is 1060 g/mol. The van der Waals surface area contributed by atoms with Crippen molar-refractivity contribution in [3.8, 4) is 22.6 Å². The number of allylic oxidation sites excluding steroid dienone is 2. The minimum atomic E-state index is 0.234. The van der Waals surface area contributed by atoms with Gasteiger partial charge < -0.3 is 9.47 Å². The van der Waals surface area contributed by atoms with Crippen LogP contribution in [0.1, 0.15) is 223 Å². The average Bonchev–Trinajstić information content (AvgIpc) is 4.03. The number of benzene rings is 5. The molecule has 3 heteroatoms. The molecule has 0 radical (unpaired) electrons. The molecule has 0 saturated carbocycles. The first-order valence-electron chi connectivity index (χ1n) is 30.1. The van der Waals surface area contributed by atoms with Crippen molar-refractivity contribution < 1.29 is 9.47 Å². The van der Waals surface area contributed by atoms with Crippen LogP contribution >= 0.6 is 11.3 Å². The van der Waals surface area contributed by atoms with Gasteiger partial charge >= 0.3 is 0 Å². The van der Waals surface area contributed by atoms with E-state index in [2.05, 4.69) is 204 Å². The second kappa shape index (κ2) is 37.7. The summed E-state index contributed by atoms with van der Waals surface area (Å²) in [6.07, 6.45) is 32.4. The molecule has 0 spiro atoms. The molecule has 1 heterocycles. The molecule has 2 nitrogen and oxygen atoms in total. The summed E-state index contributed by atoms with van der Waals surface area (Å²) in [5.41, 5.74) is 16.8. The summed E-state index contributed by atoms with van der Waals surface area (Å²) in [7, 11) is 1.71. The van der Waals surface area contributed by atoms with E-state index in [-0.39, 0.29) is 5.41 Å². The third-order valence-corrected chi connectivity index (χ3v) is 15.9. The van der Waals surface area contributed by atoms with Crippen LogP contribution in [0, 0.1) is 61.3 Å². The van der Waals surface area contributed by atoms with E-state index in [9.17, 15) is 0 Å². The van der Waals surface area contributed by atoms with Crippen molar-refractivity contribution >= 4 is 23.5 Å². The van der Waals surface area contributed by atoms with Gasteiger partial charge in [0.05, 0.1) is 13.7 Å². The summed E-state index contributed by atoms with van der Waals surface area (Å²) in [5.74, 6) is 2.51. The van der Waals surface area contributed by atoms with E-state index in [0.29, 0.717) is 5.92 Å². The van der Waals surface area contributed by atoms with Crippen molar-refractivity contribution in [2.24, 2.45) is 5.92 Å². The number of hydrogen-bond acceptors (Lipinski definition) is 3. The van der Waals surface area contributed by atoms with Gasteiger partial charge in [0.1, 0.15) is 11.5 Å². The van der Waals surface area contributed by atoms with Gasteiger partial charge in [0.2, 0.25) is 0 Å². The lowest BCUT2D eigenvalue weighted by molar-refractivity contribution is 0.232. The SMILES string of the molecule is C/C=C/c1cc(OC)c(C)cc1OCC(CC)CCCC.C/C=C/c1ccc(C)cc1.CCCCCCCCC1(CCCCCCCC)c2cc(C)ccc2-c2ccc(C)cc21.Cc1ccc(C)cc1.Cc1ccc(C)s1. The van der Waals surface area contributed by atoms with E-state index in [0.717, 1.165) is 29.2 Å². The standard InChI is InChI=1S/C31H46.C19H30O2.C10H12.C8H10.C6H8S/c1-5-7-9-11-13-15-21-31(22-16-14-12-10-8-6-2)29-23-25(3)17-19-27(29)28-20-18-26(4)24-30(28)31;1-6-9-11-16(8-3)14-21-19-12-15(4)18(20-5)13-17(19)10-7-2;1-3-4-10-7-5-9(2)6-8-10;1-7-3-5-8(2)6-4-7;1-5-3-4-6(2)7-5/h17-20,23-24H,5-16,21-22H2,1-4H3;7,10,12-13,16H,6,8-9,11,14H2,1-5H3;3-8H,1-2H3;3-6H,1-2H3;3-4H,1-2H3/b;10-7+;4-3+;;. The largest absolute Gasteiger partial charge is 0.496 e. The molecule has 6 aromatic rings. The van der Waals surface area contributed by atoms with Crippen LogP contribution in [-0.4, -0.2) is 13.7 Å². The summed E-state index contributed by atoms with van der Waals surface area (Å²) < 4.78 is 11.5. The van der Waals surface area contributed by atoms with Gasteiger partial charge in [-0.1, -0.05) is 261 Å². The summed E-state index contributed by atoms with van der Waals surface area (Å²) in [6, 6.07) is 39.9. The molecule has 1 aliphatic rings. The van der Waals surface area contributed by atoms with Gasteiger partial charge in [0.25, 0.3) is 0 Å². The van der Waals surface area contributed by atoms with Crippen molar-refractivity contribution in [2.75, 3.05) is 13.7 Å². The van der Waals surface area contributed by atoms with Crippen LogP contribution in [0.15, 0.2) is 121 Å². The van der Waals surface area contributed by atoms with Crippen molar-refractivity contribution in [1.29, 1.82) is 0 Å². The zero-order valence-electron chi connectivity index (χ0n) is 51.4. The highest BCUT2D eigenvalue weighted by Gasteiger charge is 2.42. The summed E-state index contributed by atoms with van der Waals surface area (Å²) in [4.78, 5) is 2.80. The molecule has 0 fully saturated rings. The van der Waals surface area contributed by atoms with Crippen LogP contribution in [-0.2, 0) is 5.41 Å². The molecule has 1 aliphatic carbocycles. The van der Waals surface area contributed by atoms with Gasteiger partial charge in [-0.05, 0) is 152 Å². The lowest BCUT2D eigenvalue weighted by Crippen LogP contribution is -2.25. The Balaban J connectivity index is 0.000000288. The highest BCUT2D eigenvalue weighted by Crippen LogP contribution is 2.54. The molecule has 420 valence electrons. The predicted molar refractivity (Wildman–Crippen MR) is 345 cm³/mol. The third-order valence-electron chi connectivity index (χ3n) is 15.0. The Labute approximate surface area is 477 Å². The van der Waals surface area contributed by atoms with Crippen LogP contribution in [0.25, 0.3) is 23.3 Å². The highest BCUT2D eigenvalue weighted by atomic mass is 32.1. The van der Waals surface area contributed by atoms with Crippen molar-refractivity contribution in [2.45, 2.75) is 218 Å². The second-order valence-electron chi connectivity index (χ2n) is 22.0. The molecule has 0 amide bonds. The van der Waals surface area contributed by atoms with Crippen LogP contribution in [0.3, 0.4) is 0 Å². The second-order valence-corrected chi connectivity index (χ2v) is 23.5. The van der Waals surface area contributed by atoms with Gasteiger partial charge in [-0.25, -0.2) is 0 Å². The summed E-state index contributed by atoms with van der Waals surface area (Å²) in [5, 5.41) is 0. The van der Waals surface area contributed by atoms with Crippen molar-refractivity contribution in [1.82, 2.24) is 0 Å². The Morgan fingerprint density at radius 3 is 1.32 bits per heavy atom. The van der Waals surface area contributed by atoms with Gasteiger partial charge in [-0.15, -0.1) is 11.3 Å². The van der Waals surface area contributed by atoms with Crippen molar-refractivity contribution in [3.05, 3.63) is 187 Å². The molecule has 1 unspecified atom stereocenters. The fourth-order valence-electron chi connectivity index (χ4n) is 10.3. The fraction of sp³-hybridized carbons (Fsp3) is 0.486. The topological polar surface area (TPSA) is 18.5 Å². The van der Waals surface area contributed by atoms with Gasteiger partial charge in [0, 0.05) is 20.7 Å². The smallest absolute Gasteiger partial charge is 0.127 e. The molecule has 5 aromatic carbocycles. The Hall–Kier alpha value is -5.12. The van der Waals surface area contributed by atoms with Gasteiger partial charge in [0.15, 0.2) is 0 Å². The monoisotopic (exact) mass is 1060 g/mol. The first kappa shape index (κ1) is 66.2. The zero-order chi connectivity index (χ0) is 56.4. The number of methoxy groups -OCH3 is 1. The minimum absolute atomic E-state index is 0.234. The molecular weight excluding hydrogens is 953 g/mol. The maximum Gasteiger partial charge on any atom is 0.127 e. The lowest BCUT2D eigenvalue weighted by Gasteiger charge is -2.33. The molecule has 7 rings (SSSR count). The molecular formula is C74H106O2S. The quantitative estimate of drug-likeness (QED) is 0.0563. The maximum atomic E-state index is 6.11. The van der Waals surface area contributed by atoms with E-state index in [1.54, 1.807) is 18.2 Å². The van der Waals surface area contributed by atoms with Crippen molar-refractivity contribution in [3.63, 3.8) is 0 Å².